The summed E-state index contributed by atoms with van der Waals surface area (Å²) in [5.74, 6) is -0.332. The highest BCUT2D eigenvalue weighted by atomic mass is 16.5. The summed E-state index contributed by atoms with van der Waals surface area (Å²) in [4.78, 5) is 23.7. The molecular weight excluding hydrogens is 328 g/mol. The molecule has 1 aliphatic rings. The minimum Gasteiger partial charge on any atom is -0.497 e. The van der Waals surface area contributed by atoms with Crippen molar-refractivity contribution in [1.29, 1.82) is 0 Å². The zero-order valence-corrected chi connectivity index (χ0v) is 14.0. The molecule has 1 atom stereocenters. The Morgan fingerprint density at radius 3 is 2.76 bits per heavy atom. The average Bonchev–Trinajstić information content (AvgIpc) is 3.02. The maximum absolute atomic E-state index is 12.4. The fraction of sp³-hybridized carbons (Fsp3) is 0.353. The van der Waals surface area contributed by atoms with E-state index in [1.54, 1.807) is 39.2 Å². The lowest BCUT2D eigenvalue weighted by Gasteiger charge is -2.19. The second-order valence-corrected chi connectivity index (χ2v) is 6.02. The fourth-order valence-electron chi connectivity index (χ4n) is 2.64. The summed E-state index contributed by atoms with van der Waals surface area (Å²) >= 11 is 0. The van der Waals surface area contributed by atoms with Crippen LogP contribution in [0.4, 0.5) is 0 Å². The number of aliphatic carboxylic acids is 1. The van der Waals surface area contributed by atoms with E-state index in [-0.39, 0.29) is 18.2 Å². The second-order valence-electron chi connectivity index (χ2n) is 6.02. The third-order valence-corrected chi connectivity index (χ3v) is 4.03. The van der Waals surface area contributed by atoms with E-state index >= 15 is 0 Å². The van der Waals surface area contributed by atoms with Crippen molar-refractivity contribution >= 4 is 11.9 Å². The molecule has 0 fully saturated rings. The summed E-state index contributed by atoms with van der Waals surface area (Å²) in [6, 6.07) is 4.21. The summed E-state index contributed by atoms with van der Waals surface area (Å²) in [5.41, 5.74) is 1.18. The molecule has 2 aromatic rings. The van der Waals surface area contributed by atoms with Gasteiger partial charge < -0.3 is 24.4 Å². The summed E-state index contributed by atoms with van der Waals surface area (Å²) in [7, 11) is 1.56. The quantitative estimate of drug-likeness (QED) is 0.852. The molecule has 1 aromatic heterocycles. The Morgan fingerprint density at radius 2 is 2.12 bits per heavy atom. The normalized spacial score (nSPS) is 13.4. The van der Waals surface area contributed by atoms with Crippen LogP contribution in [0.25, 0.3) is 11.3 Å². The number of benzene rings is 1. The summed E-state index contributed by atoms with van der Waals surface area (Å²) in [5, 5.41) is 15.5. The number of ether oxygens (including phenoxy) is 2. The molecule has 132 valence electrons. The monoisotopic (exact) mass is 346 g/mol. The average molecular weight is 346 g/mol. The van der Waals surface area contributed by atoms with Gasteiger partial charge in [-0.15, -0.1) is 0 Å². The Hall–Kier alpha value is -3.03. The number of nitrogens with zero attached hydrogens (tertiary/aromatic N) is 1. The van der Waals surface area contributed by atoms with Crippen LogP contribution in [-0.4, -0.2) is 35.3 Å². The highest BCUT2D eigenvalue weighted by Crippen LogP contribution is 2.40. The molecule has 3 rings (SSSR count). The van der Waals surface area contributed by atoms with Gasteiger partial charge in [0.1, 0.15) is 24.1 Å². The van der Waals surface area contributed by atoms with Gasteiger partial charge in [0.05, 0.1) is 18.2 Å². The molecule has 0 aliphatic carbocycles. The lowest BCUT2D eigenvalue weighted by Crippen LogP contribution is -2.44. The van der Waals surface area contributed by atoms with Crippen LogP contribution in [0.5, 0.6) is 11.5 Å². The van der Waals surface area contributed by atoms with Crippen molar-refractivity contribution in [2.75, 3.05) is 7.11 Å². The number of carbonyl (C=O) groups is 2. The van der Waals surface area contributed by atoms with E-state index in [1.165, 1.54) is 0 Å². The van der Waals surface area contributed by atoms with Crippen LogP contribution in [0.15, 0.2) is 22.7 Å². The third-order valence-electron chi connectivity index (χ3n) is 4.03. The molecule has 8 nitrogen and oxygen atoms in total. The fourth-order valence-corrected chi connectivity index (χ4v) is 2.64. The van der Waals surface area contributed by atoms with Crippen LogP contribution in [0.1, 0.15) is 29.9 Å². The van der Waals surface area contributed by atoms with E-state index in [0.717, 1.165) is 0 Å². The van der Waals surface area contributed by atoms with Crippen LogP contribution in [0.2, 0.25) is 0 Å². The third kappa shape index (κ3) is 3.02. The van der Waals surface area contributed by atoms with Gasteiger partial charge in [-0.1, -0.05) is 19.0 Å². The molecule has 0 saturated heterocycles. The van der Waals surface area contributed by atoms with E-state index in [0.29, 0.717) is 28.4 Å². The Kier molecular flexibility index (Phi) is 4.35. The Balaban J connectivity index is 1.91. The molecule has 0 radical (unpaired) electrons. The van der Waals surface area contributed by atoms with E-state index in [4.69, 9.17) is 14.0 Å². The maximum atomic E-state index is 12.4. The first kappa shape index (κ1) is 16.8. The van der Waals surface area contributed by atoms with E-state index in [2.05, 4.69) is 10.5 Å². The first-order valence-corrected chi connectivity index (χ1v) is 7.75. The minimum atomic E-state index is -1.10. The topological polar surface area (TPSA) is 111 Å². The number of aromatic nitrogens is 1. The SMILES string of the molecule is COc1ccc2c(c1)OCc1c(C(=O)N[C@H](C(=O)O)C(C)C)noc1-2. The largest absolute Gasteiger partial charge is 0.497 e. The summed E-state index contributed by atoms with van der Waals surface area (Å²) in [6.07, 6.45) is 0. The van der Waals surface area contributed by atoms with Gasteiger partial charge in [0, 0.05) is 6.07 Å². The van der Waals surface area contributed by atoms with Crippen molar-refractivity contribution in [3.63, 3.8) is 0 Å². The van der Waals surface area contributed by atoms with Crippen molar-refractivity contribution in [1.82, 2.24) is 10.5 Å². The molecule has 25 heavy (non-hydrogen) atoms. The first-order chi connectivity index (χ1) is 11.9. The lowest BCUT2D eigenvalue weighted by atomic mass is 10.0. The Bertz CT molecular complexity index is 827. The van der Waals surface area contributed by atoms with E-state index in [1.807, 2.05) is 0 Å². The Morgan fingerprint density at radius 1 is 1.36 bits per heavy atom. The van der Waals surface area contributed by atoms with Gasteiger partial charge in [0.25, 0.3) is 5.91 Å². The molecule has 2 heterocycles. The summed E-state index contributed by atoms with van der Waals surface area (Å²) in [6.45, 7) is 3.52. The van der Waals surface area contributed by atoms with Crippen LogP contribution in [0, 0.1) is 5.92 Å². The zero-order valence-electron chi connectivity index (χ0n) is 14.0. The van der Waals surface area contributed by atoms with Gasteiger partial charge in [-0.25, -0.2) is 4.79 Å². The van der Waals surface area contributed by atoms with Crippen LogP contribution in [-0.2, 0) is 11.4 Å². The molecule has 8 heteroatoms. The number of carboxylic acid groups (broad SMARTS) is 1. The number of amides is 1. The second kappa shape index (κ2) is 6.46. The molecule has 0 spiro atoms. The van der Waals surface area contributed by atoms with Gasteiger partial charge >= 0.3 is 5.97 Å². The van der Waals surface area contributed by atoms with Gasteiger partial charge in [0.2, 0.25) is 0 Å². The van der Waals surface area contributed by atoms with Crippen molar-refractivity contribution in [2.45, 2.75) is 26.5 Å². The van der Waals surface area contributed by atoms with Gasteiger partial charge in [-0.3, -0.25) is 4.79 Å². The van der Waals surface area contributed by atoms with Gasteiger partial charge in [0.15, 0.2) is 11.5 Å². The number of nitrogens with one attached hydrogen (secondary N) is 1. The summed E-state index contributed by atoms with van der Waals surface area (Å²) < 4.78 is 16.2. The number of rotatable bonds is 5. The molecule has 0 saturated carbocycles. The zero-order chi connectivity index (χ0) is 18.1. The molecule has 0 bridgehead atoms. The number of carbonyl (C=O) groups excluding carboxylic acids is 1. The van der Waals surface area contributed by atoms with Gasteiger partial charge in [-0.05, 0) is 18.1 Å². The number of hydrogen-bond donors (Lipinski definition) is 2. The highest BCUT2D eigenvalue weighted by molar-refractivity contribution is 5.97. The first-order valence-electron chi connectivity index (χ1n) is 7.75. The van der Waals surface area contributed by atoms with Crippen LogP contribution < -0.4 is 14.8 Å². The van der Waals surface area contributed by atoms with Crippen molar-refractivity contribution < 1.29 is 28.7 Å². The molecule has 1 aliphatic heterocycles. The molecule has 0 unspecified atom stereocenters. The predicted octanol–water partition coefficient (Wildman–Crippen LogP) is 2.08. The molecule has 2 N–H and O–H groups in total. The van der Waals surface area contributed by atoms with Crippen LogP contribution in [0.3, 0.4) is 0 Å². The molecule has 1 amide bonds. The van der Waals surface area contributed by atoms with Gasteiger partial charge in [-0.2, -0.15) is 0 Å². The van der Waals surface area contributed by atoms with Crippen molar-refractivity contribution in [3.05, 3.63) is 29.5 Å². The van der Waals surface area contributed by atoms with E-state index < -0.39 is 17.9 Å². The number of methoxy groups -OCH3 is 1. The molecule has 1 aromatic carbocycles. The molecular formula is C17H18N2O6. The highest BCUT2D eigenvalue weighted by Gasteiger charge is 2.31. The van der Waals surface area contributed by atoms with Crippen molar-refractivity contribution in [2.24, 2.45) is 5.92 Å². The number of carboxylic acids is 1. The standard InChI is InChI=1S/C17H18N2O6/c1-8(2)13(17(21)22)18-16(20)14-11-7-24-12-6-9(23-3)4-5-10(12)15(11)25-19-14/h4-6,8,13H,7H2,1-3H3,(H,18,20)(H,21,22)/t13-/m0/s1. The Labute approximate surface area is 143 Å². The van der Waals surface area contributed by atoms with E-state index in [9.17, 15) is 14.7 Å². The lowest BCUT2D eigenvalue weighted by molar-refractivity contribution is -0.140. The predicted molar refractivity (Wildman–Crippen MR) is 86.6 cm³/mol. The minimum absolute atomic E-state index is 0.0309. The van der Waals surface area contributed by atoms with Crippen LogP contribution >= 0.6 is 0 Å². The maximum Gasteiger partial charge on any atom is 0.326 e. The number of hydrogen-bond acceptors (Lipinski definition) is 6. The van der Waals surface area contributed by atoms with Crippen molar-refractivity contribution in [3.8, 4) is 22.8 Å². The smallest absolute Gasteiger partial charge is 0.326 e. The number of fused-ring (bicyclic) bond motifs is 3.